The Bertz CT molecular complexity index is 636. The Kier molecular flexibility index (Phi) is 3.04. The molecule has 0 unspecified atom stereocenters. The van der Waals surface area contributed by atoms with E-state index in [9.17, 15) is 13.2 Å². The summed E-state index contributed by atoms with van der Waals surface area (Å²) in [6, 6.07) is 4.70. The van der Waals surface area contributed by atoms with E-state index in [0.717, 1.165) is 12.1 Å². The molecule has 4 nitrogen and oxygen atoms in total. The fourth-order valence-electron chi connectivity index (χ4n) is 1.38. The van der Waals surface area contributed by atoms with Crippen molar-refractivity contribution in [2.45, 2.75) is 6.18 Å². The van der Waals surface area contributed by atoms with Gasteiger partial charge in [0.2, 0.25) is 10.7 Å². The summed E-state index contributed by atoms with van der Waals surface area (Å²) in [5, 5.41) is 0. The minimum atomic E-state index is -4.41. The topological polar surface area (TPSA) is 67.6 Å². The predicted octanol–water partition coefficient (Wildman–Crippen LogP) is 2.80. The summed E-state index contributed by atoms with van der Waals surface area (Å²) in [5.74, 6) is 0.154. The van der Waals surface area contributed by atoms with Gasteiger partial charge >= 0.3 is 6.18 Å². The molecule has 0 amide bonds. The van der Waals surface area contributed by atoms with Crippen LogP contribution in [0.4, 0.5) is 19.1 Å². The zero-order chi connectivity index (χ0) is 13.3. The molecule has 0 radical (unpaired) electrons. The average Bonchev–Trinajstić information content (AvgIpc) is 2.27. The monoisotopic (exact) mass is 272 g/mol. The maximum Gasteiger partial charge on any atom is 0.416 e. The van der Waals surface area contributed by atoms with E-state index in [1.54, 1.807) is 0 Å². The molecular formula is C10H7F3N4S. The highest BCUT2D eigenvalue weighted by Crippen LogP contribution is 2.31. The molecule has 0 fully saturated rings. The van der Waals surface area contributed by atoms with Crippen LogP contribution in [0, 0.1) is 4.77 Å². The molecule has 1 aromatic carbocycles. The lowest BCUT2D eigenvalue weighted by Gasteiger charge is -2.08. The van der Waals surface area contributed by atoms with Gasteiger partial charge in [0.05, 0.1) is 5.56 Å². The smallest absolute Gasteiger partial charge is 0.369 e. The Morgan fingerprint density at radius 1 is 1.22 bits per heavy atom. The van der Waals surface area contributed by atoms with E-state index in [1.807, 2.05) is 0 Å². The van der Waals surface area contributed by atoms with Crippen LogP contribution in [0.2, 0.25) is 0 Å². The van der Waals surface area contributed by atoms with E-state index < -0.39 is 11.7 Å². The molecule has 0 aliphatic heterocycles. The Morgan fingerprint density at radius 3 is 2.56 bits per heavy atom. The summed E-state index contributed by atoms with van der Waals surface area (Å²) in [6.45, 7) is 0. The van der Waals surface area contributed by atoms with Gasteiger partial charge in [-0.15, -0.1) is 0 Å². The lowest BCUT2D eigenvalue weighted by molar-refractivity contribution is -0.137. The first kappa shape index (κ1) is 12.5. The molecule has 0 saturated carbocycles. The van der Waals surface area contributed by atoms with Crippen LogP contribution in [0.25, 0.3) is 11.4 Å². The normalized spacial score (nSPS) is 11.5. The second kappa shape index (κ2) is 4.37. The number of nitrogens with zero attached hydrogens (tertiary/aromatic N) is 2. The first-order chi connectivity index (χ1) is 8.36. The lowest BCUT2D eigenvalue weighted by Crippen LogP contribution is -2.05. The summed E-state index contributed by atoms with van der Waals surface area (Å²) in [5.41, 5.74) is 4.90. The van der Waals surface area contributed by atoms with Crippen LogP contribution in [0.3, 0.4) is 0 Å². The van der Waals surface area contributed by atoms with Crippen LogP contribution in [-0.2, 0) is 6.18 Å². The first-order valence-electron chi connectivity index (χ1n) is 4.78. The third kappa shape index (κ3) is 2.65. The molecule has 3 N–H and O–H groups in total. The number of aromatic amines is 1. The van der Waals surface area contributed by atoms with Crippen LogP contribution < -0.4 is 5.73 Å². The van der Waals surface area contributed by atoms with Gasteiger partial charge in [0.1, 0.15) is 5.82 Å². The molecular weight excluding hydrogens is 265 g/mol. The van der Waals surface area contributed by atoms with Crippen molar-refractivity contribution < 1.29 is 13.2 Å². The molecule has 0 aliphatic carbocycles. The van der Waals surface area contributed by atoms with Crippen molar-refractivity contribution in [2.24, 2.45) is 0 Å². The predicted molar refractivity (Wildman–Crippen MR) is 62.1 cm³/mol. The maximum absolute atomic E-state index is 12.6. The minimum absolute atomic E-state index is 0.00223. The molecule has 8 heteroatoms. The molecule has 2 rings (SSSR count). The van der Waals surface area contributed by atoms with Crippen LogP contribution in [0.1, 0.15) is 5.56 Å². The van der Waals surface area contributed by atoms with Crippen LogP contribution in [-0.4, -0.2) is 15.0 Å². The van der Waals surface area contributed by atoms with E-state index in [4.69, 9.17) is 18.0 Å². The third-order valence-electron chi connectivity index (χ3n) is 2.13. The van der Waals surface area contributed by atoms with Crippen LogP contribution in [0.15, 0.2) is 24.3 Å². The zero-order valence-electron chi connectivity index (χ0n) is 8.82. The molecule has 2 aromatic rings. The summed E-state index contributed by atoms with van der Waals surface area (Å²) < 4.78 is 37.6. The summed E-state index contributed by atoms with van der Waals surface area (Å²) >= 11 is 4.75. The first-order valence-corrected chi connectivity index (χ1v) is 5.18. The van der Waals surface area contributed by atoms with Gasteiger partial charge in [-0.1, -0.05) is 12.1 Å². The van der Waals surface area contributed by atoms with Gasteiger partial charge in [0.15, 0.2) is 0 Å². The number of aromatic nitrogens is 3. The molecule has 0 aliphatic rings. The van der Waals surface area contributed by atoms with E-state index in [2.05, 4.69) is 15.0 Å². The fraction of sp³-hybridized carbons (Fsp3) is 0.100. The quantitative estimate of drug-likeness (QED) is 0.783. The van der Waals surface area contributed by atoms with Crippen molar-refractivity contribution in [3.05, 3.63) is 34.6 Å². The van der Waals surface area contributed by atoms with Gasteiger partial charge in [0.25, 0.3) is 0 Å². The van der Waals surface area contributed by atoms with Crippen LogP contribution >= 0.6 is 12.2 Å². The molecule has 18 heavy (non-hydrogen) atoms. The number of H-pyrrole nitrogens is 1. The number of anilines is 1. The lowest BCUT2D eigenvalue weighted by atomic mass is 10.1. The van der Waals surface area contributed by atoms with Gasteiger partial charge < -0.3 is 10.7 Å². The molecule has 0 bridgehead atoms. The van der Waals surface area contributed by atoms with Crippen molar-refractivity contribution in [3.63, 3.8) is 0 Å². The highest BCUT2D eigenvalue weighted by Gasteiger charge is 2.30. The minimum Gasteiger partial charge on any atom is -0.369 e. The number of nitrogens with one attached hydrogen (secondary N) is 1. The number of halogens is 3. The van der Waals surface area contributed by atoms with Gasteiger partial charge in [-0.05, 0) is 24.4 Å². The number of rotatable bonds is 1. The number of alkyl halides is 3. The number of nitrogen functional groups attached to an aromatic ring is 1. The van der Waals surface area contributed by atoms with E-state index in [-0.39, 0.29) is 22.1 Å². The molecule has 0 spiro atoms. The van der Waals surface area contributed by atoms with Crippen molar-refractivity contribution in [1.82, 2.24) is 15.0 Å². The third-order valence-corrected chi connectivity index (χ3v) is 2.32. The molecule has 0 saturated heterocycles. The average molecular weight is 272 g/mol. The van der Waals surface area contributed by atoms with E-state index >= 15 is 0 Å². The van der Waals surface area contributed by atoms with Crippen LogP contribution in [0.5, 0.6) is 0 Å². The number of hydrogen-bond acceptors (Lipinski definition) is 4. The summed E-state index contributed by atoms with van der Waals surface area (Å²) in [7, 11) is 0. The molecule has 1 aromatic heterocycles. The van der Waals surface area contributed by atoms with Gasteiger partial charge in [-0.3, -0.25) is 0 Å². The SMILES string of the molecule is Nc1nc(=S)nc(-c2cccc(C(F)(F)F)c2)[nH]1. The van der Waals surface area contributed by atoms with Crippen molar-refractivity contribution in [1.29, 1.82) is 0 Å². The maximum atomic E-state index is 12.6. The molecule has 0 atom stereocenters. The Morgan fingerprint density at radius 2 is 1.94 bits per heavy atom. The largest absolute Gasteiger partial charge is 0.416 e. The fourth-order valence-corrected chi connectivity index (χ4v) is 1.57. The van der Waals surface area contributed by atoms with E-state index in [0.29, 0.717) is 0 Å². The Labute approximate surface area is 105 Å². The molecule has 1 heterocycles. The number of benzene rings is 1. The van der Waals surface area contributed by atoms with E-state index in [1.165, 1.54) is 12.1 Å². The van der Waals surface area contributed by atoms with Gasteiger partial charge in [-0.2, -0.15) is 18.2 Å². The Hall–Kier alpha value is -1.96. The van der Waals surface area contributed by atoms with Gasteiger partial charge in [-0.25, -0.2) is 4.98 Å². The summed E-state index contributed by atoms with van der Waals surface area (Å²) in [6.07, 6.45) is -4.41. The zero-order valence-corrected chi connectivity index (χ0v) is 9.64. The Balaban J connectivity index is 2.54. The van der Waals surface area contributed by atoms with Crippen molar-refractivity contribution >= 4 is 18.2 Å². The number of hydrogen-bond donors (Lipinski definition) is 2. The number of nitrogens with two attached hydrogens (primary N) is 1. The standard InChI is InChI=1S/C10H7F3N4S/c11-10(12,13)6-3-1-2-5(4-6)7-15-8(14)17-9(18)16-7/h1-4H,(H3,14,15,16,17,18). The second-order valence-corrected chi connectivity index (χ2v) is 3.81. The van der Waals surface area contributed by atoms with Crippen molar-refractivity contribution in [3.8, 4) is 11.4 Å². The summed E-state index contributed by atoms with van der Waals surface area (Å²) in [4.78, 5) is 10.0. The molecule has 94 valence electrons. The van der Waals surface area contributed by atoms with Crippen molar-refractivity contribution in [2.75, 3.05) is 5.73 Å². The second-order valence-electron chi connectivity index (χ2n) is 3.44. The van der Waals surface area contributed by atoms with Gasteiger partial charge in [0, 0.05) is 5.56 Å². The highest BCUT2D eigenvalue weighted by molar-refractivity contribution is 7.71. The highest BCUT2D eigenvalue weighted by atomic mass is 32.1.